The zero-order valence-corrected chi connectivity index (χ0v) is 11.3. The second-order valence-corrected chi connectivity index (χ2v) is 5.08. The maximum atomic E-state index is 11.6. The Balaban J connectivity index is 2.51. The lowest BCUT2D eigenvalue weighted by molar-refractivity contribution is -0.155. The number of nitrogens with one attached hydrogen (secondary N) is 1. The van der Waals surface area contributed by atoms with Gasteiger partial charge in [0.1, 0.15) is 0 Å². The van der Waals surface area contributed by atoms with Crippen LogP contribution in [0.3, 0.4) is 0 Å². The molecule has 0 unspecified atom stereocenters. The van der Waals surface area contributed by atoms with Gasteiger partial charge in [-0.1, -0.05) is 0 Å². The lowest BCUT2D eigenvalue weighted by atomic mass is 10.1. The molecule has 0 bridgehead atoms. The van der Waals surface area contributed by atoms with Crippen molar-refractivity contribution in [2.24, 2.45) is 0 Å². The number of hydrogen-bond donors (Lipinski definition) is 1. The molecule has 0 saturated carbocycles. The second-order valence-electron chi connectivity index (χ2n) is 5.08. The van der Waals surface area contributed by atoms with E-state index in [1.165, 1.54) is 0 Å². The highest BCUT2D eigenvalue weighted by Crippen LogP contribution is 2.20. The molecule has 100 valence electrons. The summed E-state index contributed by atoms with van der Waals surface area (Å²) in [5.41, 5.74) is -0.228. The highest BCUT2D eigenvalue weighted by molar-refractivity contribution is 5.77. The zero-order valence-electron chi connectivity index (χ0n) is 11.3. The Bertz CT molecular complexity index is 256. The van der Waals surface area contributed by atoms with Crippen LogP contribution in [0, 0.1) is 0 Å². The van der Waals surface area contributed by atoms with Crippen LogP contribution in [0.25, 0.3) is 0 Å². The summed E-state index contributed by atoms with van der Waals surface area (Å²) >= 11 is 0. The van der Waals surface area contributed by atoms with E-state index in [1.54, 1.807) is 7.11 Å². The molecule has 17 heavy (non-hydrogen) atoms. The van der Waals surface area contributed by atoms with Crippen LogP contribution in [0.5, 0.6) is 0 Å². The minimum absolute atomic E-state index is 0.0400. The van der Waals surface area contributed by atoms with Crippen molar-refractivity contribution in [3.8, 4) is 0 Å². The summed E-state index contributed by atoms with van der Waals surface area (Å²) < 4.78 is 11.0. The van der Waals surface area contributed by atoms with E-state index in [2.05, 4.69) is 10.2 Å². The van der Waals surface area contributed by atoms with Crippen molar-refractivity contribution in [3.63, 3.8) is 0 Å². The lowest BCUT2D eigenvalue weighted by Crippen LogP contribution is -2.55. The number of nitrogens with zero attached hydrogens (tertiary/aromatic N) is 1. The number of morpholine rings is 1. The van der Waals surface area contributed by atoms with Gasteiger partial charge in [-0.05, 0) is 20.8 Å². The van der Waals surface area contributed by atoms with Crippen molar-refractivity contribution < 1.29 is 14.3 Å². The van der Waals surface area contributed by atoms with Crippen LogP contribution in [0.1, 0.15) is 20.8 Å². The molecule has 1 fully saturated rings. The van der Waals surface area contributed by atoms with Crippen LogP contribution in [-0.2, 0) is 14.3 Å². The van der Waals surface area contributed by atoms with E-state index in [0.29, 0.717) is 19.7 Å². The van der Waals surface area contributed by atoms with Crippen LogP contribution in [0.4, 0.5) is 0 Å². The van der Waals surface area contributed by atoms with Crippen LogP contribution in [0.15, 0.2) is 0 Å². The number of likely N-dealkylation sites (N-methyl/N-ethyl adjacent to an activating group) is 1. The molecule has 0 spiro atoms. The maximum Gasteiger partial charge on any atom is 0.234 e. The quantitative estimate of drug-likeness (QED) is 0.753. The number of ether oxygens (including phenoxy) is 2. The summed E-state index contributed by atoms with van der Waals surface area (Å²) in [6, 6.07) is 0. The van der Waals surface area contributed by atoms with Crippen molar-refractivity contribution in [2.45, 2.75) is 32.5 Å². The minimum Gasteiger partial charge on any atom is -0.382 e. The Labute approximate surface area is 103 Å². The summed E-state index contributed by atoms with van der Waals surface area (Å²) in [5.74, 6) is 0.0707. The van der Waals surface area contributed by atoms with Crippen molar-refractivity contribution in [1.29, 1.82) is 0 Å². The molecule has 5 heteroatoms. The lowest BCUT2D eigenvalue weighted by Gasteiger charge is -2.42. The number of rotatable bonds is 5. The van der Waals surface area contributed by atoms with Gasteiger partial charge >= 0.3 is 0 Å². The van der Waals surface area contributed by atoms with Crippen LogP contribution in [-0.4, -0.2) is 62.4 Å². The minimum atomic E-state index is -0.228. The molecule has 1 amide bonds. The average molecular weight is 244 g/mol. The molecular formula is C12H24N2O3. The monoisotopic (exact) mass is 244 g/mol. The van der Waals surface area contributed by atoms with Gasteiger partial charge in [0.2, 0.25) is 5.91 Å². The van der Waals surface area contributed by atoms with E-state index in [4.69, 9.17) is 9.47 Å². The van der Waals surface area contributed by atoms with E-state index in [9.17, 15) is 4.79 Å². The fraction of sp³-hybridized carbons (Fsp3) is 0.917. The highest BCUT2D eigenvalue weighted by atomic mass is 16.5. The molecule has 0 aromatic rings. The van der Waals surface area contributed by atoms with E-state index in [1.807, 2.05) is 20.8 Å². The molecule has 0 radical (unpaired) electrons. The predicted molar refractivity (Wildman–Crippen MR) is 66.0 cm³/mol. The van der Waals surface area contributed by atoms with Gasteiger partial charge in [-0.25, -0.2) is 0 Å². The van der Waals surface area contributed by atoms with Gasteiger partial charge in [0.05, 0.1) is 24.9 Å². The Morgan fingerprint density at radius 1 is 1.59 bits per heavy atom. The smallest absolute Gasteiger partial charge is 0.234 e. The topological polar surface area (TPSA) is 50.8 Å². The first-order chi connectivity index (χ1) is 7.96. The Kier molecular flexibility index (Phi) is 5.36. The molecule has 0 aromatic heterocycles. The summed E-state index contributed by atoms with van der Waals surface area (Å²) in [6.07, 6.45) is 0.0400. The first-order valence-corrected chi connectivity index (χ1v) is 6.12. The van der Waals surface area contributed by atoms with Gasteiger partial charge in [0.15, 0.2) is 0 Å². The zero-order chi connectivity index (χ0) is 12.9. The van der Waals surface area contributed by atoms with Gasteiger partial charge in [0.25, 0.3) is 0 Å². The molecule has 5 nitrogen and oxygen atoms in total. The Morgan fingerprint density at radius 3 is 2.88 bits per heavy atom. The van der Waals surface area contributed by atoms with Crippen LogP contribution in [0.2, 0.25) is 0 Å². The van der Waals surface area contributed by atoms with E-state index < -0.39 is 0 Å². The second kappa shape index (κ2) is 6.33. The molecule has 1 atom stereocenters. The summed E-state index contributed by atoms with van der Waals surface area (Å²) in [4.78, 5) is 13.7. The third kappa shape index (κ3) is 5.02. The Hall–Kier alpha value is -0.650. The Morgan fingerprint density at radius 2 is 2.29 bits per heavy atom. The maximum absolute atomic E-state index is 11.6. The van der Waals surface area contributed by atoms with Crippen molar-refractivity contribution in [1.82, 2.24) is 10.2 Å². The van der Waals surface area contributed by atoms with Gasteiger partial charge in [-0.2, -0.15) is 0 Å². The largest absolute Gasteiger partial charge is 0.382 e. The first kappa shape index (κ1) is 14.4. The van der Waals surface area contributed by atoms with Gasteiger partial charge < -0.3 is 14.8 Å². The van der Waals surface area contributed by atoms with Gasteiger partial charge in [0, 0.05) is 26.7 Å². The average Bonchev–Trinajstić information content (AvgIpc) is 2.15. The molecule has 1 rings (SSSR count). The van der Waals surface area contributed by atoms with Crippen molar-refractivity contribution in [3.05, 3.63) is 0 Å². The predicted octanol–water partition coefficient (Wildman–Crippen LogP) is 0.248. The fourth-order valence-corrected chi connectivity index (χ4v) is 2.27. The van der Waals surface area contributed by atoms with Crippen LogP contribution < -0.4 is 5.32 Å². The standard InChI is InChI=1S/C12H24N2O3/c1-5-13-11(15)7-14-6-10(8-16-4)17-12(2,3)9-14/h10H,5-9H2,1-4H3,(H,13,15)/t10-/m0/s1. The summed E-state index contributed by atoms with van der Waals surface area (Å²) in [6.45, 7) is 9.19. The van der Waals surface area contributed by atoms with Crippen LogP contribution >= 0.6 is 0 Å². The normalized spacial score (nSPS) is 24.6. The number of carbonyl (C=O) groups excluding carboxylic acids is 1. The number of carbonyl (C=O) groups is 1. The molecule has 1 aliphatic heterocycles. The third-order valence-corrected chi connectivity index (χ3v) is 2.65. The number of methoxy groups -OCH3 is 1. The number of hydrogen-bond acceptors (Lipinski definition) is 4. The van der Waals surface area contributed by atoms with Gasteiger partial charge in [-0.15, -0.1) is 0 Å². The summed E-state index contributed by atoms with van der Waals surface area (Å²) in [5, 5.41) is 2.81. The highest BCUT2D eigenvalue weighted by Gasteiger charge is 2.33. The van der Waals surface area contributed by atoms with Gasteiger partial charge in [-0.3, -0.25) is 9.69 Å². The molecule has 1 N–H and O–H groups in total. The SMILES string of the molecule is CCNC(=O)CN1C[C@@H](COC)OC(C)(C)C1. The van der Waals surface area contributed by atoms with Crippen molar-refractivity contribution in [2.75, 3.05) is 39.9 Å². The van der Waals surface area contributed by atoms with E-state index in [0.717, 1.165) is 13.1 Å². The molecular weight excluding hydrogens is 220 g/mol. The van der Waals surface area contributed by atoms with Crippen molar-refractivity contribution >= 4 is 5.91 Å². The molecule has 0 aromatic carbocycles. The summed E-state index contributed by atoms with van der Waals surface area (Å²) in [7, 11) is 1.67. The molecule has 1 saturated heterocycles. The van der Waals surface area contributed by atoms with E-state index >= 15 is 0 Å². The molecule has 1 heterocycles. The van der Waals surface area contributed by atoms with E-state index in [-0.39, 0.29) is 17.6 Å². The number of amides is 1. The molecule has 1 aliphatic rings. The molecule has 0 aliphatic carbocycles. The fourth-order valence-electron chi connectivity index (χ4n) is 2.27. The first-order valence-electron chi connectivity index (χ1n) is 6.12. The third-order valence-electron chi connectivity index (χ3n) is 2.65.